The summed E-state index contributed by atoms with van der Waals surface area (Å²) in [7, 11) is 0. The molecule has 3 rings (SSSR count). The zero-order chi connectivity index (χ0) is 13.9. The third-order valence-electron chi connectivity index (χ3n) is 4.08. The van der Waals surface area contributed by atoms with Gasteiger partial charge in [0.15, 0.2) is 0 Å². The lowest BCUT2D eigenvalue weighted by Crippen LogP contribution is -2.34. The Balaban J connectivity index is 1.95. The molecule has 0 radical (unpaired) electrons. The van der Waals surface area contributed by atoms with Crippen molar-refractivity contribution in [1.29, 1.82) is 0 Å². The fourth-order valence-electron chi connectivity index (χ4n) is 3.07. The molecule has 1 nitrogen and oxygen atoms in total. The SMILES string of the molecule is Clc1ccc(C2CNCCC2c2ccccc2Br)cc1. The van der Waals surface area contributed by atoms with E-state index in [9.17, 15) is 0 Å². The Labute approximate surface area is 133 Å². The van der Waals surface area contributed by atoms with Crippen LogP contribution in [0.25, 0.3) is 0 Å². The van der Waals surface area contributed by atoms with E-state index in [0.29, 0.717) is 11.8 Å². The minimum absolute atomic E-state index is 0.500. The van der Waals surface area contributed by atoms with Gasteiger partial charge in [0.2, 0.25) is 0 Å². The highest BCUT2D eigenvalue weighted by molar-refractivity contribution is 9.10. The van der Waals surface area contributed by atoms with Crippen LogP contribution in [-0.4, -0.2) is 13.1 Å². The molecule has 1 N–H and O–H groups in total. The maximum Gasteiger partial charge on any atom is 0.0406 e. The monoisotopic (exact) mass is 349 g/mol. The van der Waals surface area contributed by atoms with Gasteiger partial charge in [-0.3, -0.25) is 0 Å². The van der Waals surface area contributed by atoms with Crippen LogP contribution in [0.1, 0.15) is 29.4 Å². The highest BCUT2D eigenvalue weighted by atomic mass is 79.9. The van der Waals surface area contributed by atoms with Crippen molar-refractivity contribution in [3.63, 3.8) is 0 Å². The predicted molar refractivity (Wildman–Crippen MR) is 88.6 cm³/mol. The summed E-state index contributed by atoms with van der Waals surface area (Å²) in [6, 6.07) is 16.9. The van der Waals surface area contributed by atoms with Crippen molar-refractivity contribution in [2.45, 2.75) is 18.3 Å². The Morgan fingerprint density at radius 2 is 1.75 bits per heavy atom. The summed E-state index contributed by atoms with van der Waals surface area (Å²) < 4.78 is 1.21. The molecule has 2 aromatic carbocycles. The molecule has 104 valence electrons. The van der Waals surface area contributed by atoms with Gasteiger partial charge in [0, 0.05) is 22.0 Å². The average Bonchev–Trinajstić information content (AvgIpc) is 2.49. The van der Waals surface area contributed by atoms with E-state index in [1.54, 1.807) is 0 Å². The molecule has 1 fully saturated rings. The first-order valence-electron chi connectivity index (χ1n) is 6.96. The summed E-state index contributed by atoms with van der Waals surface area (Å²) >= 11 is 9.71. The largest absolute Gasteiger partial charge is 0.316 e. The molecule has 0 amide bonds. The maximum absolute atomic E-state index is 6.01. The zero-order valence-electron chi connectivity index (χ0n) is 11.2. The third-order valence-corrected chi connectivity index (χ3v) is 5.06. The van der Waals surface area contributed by atoms with E-state index >= 15 is 0 Å². The van der Waals surface area contributed by atoms with Gasteiger partial charge in [0.1, 0.15) is 0 Å². The molecule has 1 aliphatic rings. The molecular weight excluding hydrogens is 334 g/mol. The fraction of sp³-hybridized carbons (Fsp3) is 0.294. The molecule has 2 atom stereocenters. The minimum atomic E-state index is 0.500. The fourth-order valence-corrected chi connectivity index (χ4v) is 3.77. The van der Waals surface area contributed by atoms with Crippen molar-refractivity contribution in [2.75, 3.05) is 13.1 Å². The standard InChI is InChI=1S/C17H17BrClN/c18-17-4-2-1-3-15(17)14-9-10-20-11-16(14)12-5-7-13(19)8-6-12/h1-8,14,16,20H,9-11H2. The average molecular weight is 351 g/mol. The third kappa shape index (κ3) is 2.93. The van der Waals surface area contributed by atoms with Crippen molar-refractivity contribution >= 4 is 27.5 Å². The molecule has 0 aliphatic carbocycles. The van der Waals surface area contributed by atoms with E-state index in [-0.39, 0.29) is 0 Å². The zero-order valence-corrected chi connectivity index (χ0v) is 13.5. The van der Waals surface area contributed by atoms with Crippen molar-refractivity contribution in [3.8, 4) is 0 Å². The molecule has 1 heterocycles. The van der Waals surface area contributed by atoms with Gasteiger partial charge < -0.3 is 5.32 Å². The second-order valence-electron chi connectivity index (χ2n) is 5.28. The number of benzene rings is 2. The van der Waals surface area contributed by atoms with Crippen molar-refractivity contribution in [1.82, 2.24) is 5.32 Å². The van der Waals surface area contributed by atoms with Gasteiger partial charge in [0.05, 0.1) is 0 Å². The number of nitrogens with one attached hydrogen (secondary N) is 1. The smallest absolute Gasteiger partial charge is 0.0406 e. The van der Waals surface area contributed by atoms with Gasteiger partial charge in [-0.25, -0.2) is 0 Å². The Bertz CT molecular complexity index is 582. The lowest BCUT2D eigenvalue weighted by atomic mass is 9.77. The molecule has 3 heteroatoms. The van der Waals surface area contributed by atoms with E-state index in [0.717, 1.165) is 24.5 Å². The van der Waals surface area contributed by atoms with Crippen molar-refractivity contribution in [2.24, 2.45) is 0 Å². The van der Waals surface area contributed by atoms with Gasteiger partial charge in [0.25, 0.3) is 0 Å². The Kier molecular flexibility index (Phi) is 4.45. The van der Waals surface area contributed by atoms with Crippen LogP contribution >= 0.6 is 27.5 Å². The highest BCUT2D eigenvalue weighted by Gasteiger charge is 2.28. The highest BCUT2D eigenvalue weighted by Crippen LogP contribution is 2.40. The van der Waals surface area contributed by atoms with Crippen LogP contribution in [-0.2, 0) is 0 Å². The van der Waals surface area contributed by atoms with Crippen molar-refractivity contribution in [3.05, 3.63) is 69.2 Å². The second kappa shape index (κ2) is 6.30. The van der Waals surface area contributed by atoms with Crippen LogP contribution in [0, 0.1) is 0 Å². The van der Waals surface area contributed by atoms with Crippen molar-refractivity contribution < 1.29 is 0 Å². The normalized spacial score (nSPS) is 22.7. The number of rotatable bonds is 2. The maximum atomic E-state index is 6.01. The van der Waals surface area contributed by atoms with E-state index in [4.69, 9.17) is 11.6 Å². The van der Waals surface area contributed by atoms with Gasteiger partial charge in [-0.15, -0.1) is 0 Å². The summed E-state index contributed by atoms with van der Waals surface area (Å²) in [5, 5.41) is 4.32. The summed E-state index contributed by atoms with van der Waals surface area (Å²) in [4.78, 5) is 0. The Morgan fingerprint density at radius 3 is 2.50 bits per heavy atom. The number of halogens is 2. The molecule has 0 saturated carbocycles. The molecule has 0 bridgehead atoms. The van der Waals surface area contributed by atoms with E-state index in [2.05, 4.69) is 57.6 Å². The first-order valence-corrected chi connectivity index (χ1v) is 8.13. The lowest BCUT2D eigenvalue weighted by molar-refractivity contribution is 0.403. The lowest BCUT2D eigenvalue weighted by Gasteiger charge is -2.33. The minimum Gasteiger partial charge on any atom is -0.316 e. The van der Waals surface area contributed by atoms with Crippen LogP contribution in [0.3, 0.4) is 0 Å². The van der Waals surface area contributed by atoms with Gasteiger partial charge >= 0.3 is 0 Å². The van der Waals surface area contributed by atoms with Crippen LogP contribution in [0.4, 0.5) is 0 Å². The number of hydrogen-bond donors (Lipinski definition) is 1. The Morgan fingerprint density at radius 1 is 1.00 bits per heavy atom. The first-order chi connectivity index (χ1) is 9.75. The Hall–Kier alpha value is -0.830. The van der Waals surface area contributed by atoms with E-state index in [1.165, 1.54) is 15.6 Å². The van der Waals surface area contributed by atoms with Gasteiger partial charge in [-0.1, -0.05) is 57.9 Å². The van der Waals surface area contributed by atoms with E-state index in [1.807, 2.05) is 12.1 Å². The summed E-state index contributed by atoms with van der Waals surface area (Å²) in [5.74, 6) is 1.05. The number of hydrogen-bond acceptors (Lipinski definition) is 1. The molecule has 1 saturated heterocycles. The molecule has 0 spiro atoms. The van der Waals surface area contributed by atoms with Crippen LogP contribution < -0.4 is 5.32 Å². The van der Waals surface area contributed by atoms with Gasteiger partial charge in [-0.2, -0.15) is 0 Å². The molecule has 2 aromatic rings. The van der Waals surface area contributed by atoms with E-state index < -0.39 is 0 Å². The molecule has 0 aromatic heterocycles. The van der Waals surface area contributed by atoms with Crippen LogP contribution in [0.5, 0.6) is 0 Å². The second-order valence-corrected chi connectivity index (χ2v) is 6.57. The van der Waals surface area contributed by atoms with Gasteiger partial charge in [-0.05, 0) is 48.2 Å². The molecular formula is C17H17BrClN. The van der Waals surface area contributed by atoms with Crippen LogP contribution in [0.15, 0.2) is 53.0 Å². The summed E-state index contributed by atoms with van der Waals surface area (Å²) in [5.41, 5.74) is 2.77. The molecule has 20 heavy (non-hydrogen) atoms. The summed E-state index contributed by atoms with van der Waals surface area (Å²) in [6.07, 6.45) is 1.16. The predicted octanol–water partition coefficient (Wildman–Crippen LogP) is 4.96. The quantitative estimate of drug-likeness (QED) is 0.807. The first kappa shape index (κ1) is 14.1. The van der Waals surface area contributed by atoms with Crippen LogP contribution in [0.2, 0.25) is 5.02 Å². The number of piperidine rings is 1. The topological polar surface area (TPSA) is 12.0 Å². The molecule has 2 unspecified atom stereocenters. The summed E-state index contributed by atoms with van der Waals surface area (Å²) in [6.45, 7) is 2.10. The molecule has 1 aliphatic heterocycles.